The van der Waals surface area contributed by atoms with Gasteiger partial charge in [0.2, 0.25) is 5.91 Å². The zero-order valence-electron chi connectivity index (χ0n) is 11.9. The molecule has 1 atom stereocenters. The van der Waals surface area contributed by atoms with Gasteiger partial charge in [-0.3, -0.25) is 4.79 Å². The molecule has 1 unspecified atom stereocenters. The zero-order valence-corrected chi connectivity index (χ0v) is 12.7. The molecule has 1 fully saturated rings. The van der Waals surface area contributed by atoms with Crippen molar-refractivity contribution in [2.75, 3.05) is 30.4 Å². The van der Waals surface area contributed by atoms with Crippen molar-refractivity contribution >= 4 is 21.4 Å². The molecule has 5 nitrogen and oxygen atoms in total. The van der Waals surface area contributed by atoms with E-state index in [-0.39, 0.29) is 35.7 Å². The third-order valence-electron chi connectivity index (χ3n) is 3.64. The average Bonchev–Trinajstić information content (AvgIpc) is 2.78. The molecule has 0 saturated carbocycles. The number of benzene rings is 1. The second kappa shape index (κ2) is 6.43. The molecule has 0 aromatic heterocycles. The Bertz CT molecular complexity index is 618. The minimum Gasteiger partial charge on any atom is -0.384 e. The van der Waals surface area contributed by atoms with E-state index < -0.39 is 9.84 Å². The van der Waals surface area contributed by atoms with Crippen LogP contribution in [0.4, 0.5) is 10.1 Å². The SMILES string of the molecule is CN(C(=O)CCNc1cccc(F)c1)C1CCS(=O)(=O)C1. The fourth-order valence-corrected chi connectivity index (χ4v) is 4.15. The van der Waals surface area contributed by atoms with Gasteiger partial charge in [-0.05, 0) is 24.6 Å². The first-order valence-corrected chi connectivity index (χ1v) is 8.65. The van der Waals surface area contributed by atoms with Crippen LogP contribution in [0.5, 0.6) is 0 Å². The normalized spacial score (nSPS) is 20.2. The summed E-state index contributed by atoms with van der Waals surface area (Å²) in [5.74, 6) is -0.246. The molecule has 116 valence electrons. The number of sulfone groups is 1. The maximum absolute atomic E-state index is 13.0. The van der Waals surface area contributed by atoms with Crippen molar-refractivity contribution in [2.45, 2.75) is 18.9 Å². The first-order chi connectivity index (χ1) is 9.87. The highest BCUT2D eigenvalue weighted by molar-refractivity contribution is 7.91. The van der Waals surface area contributed by atoms with Crippen molar-refractivity contribution in [3.05, 3.63) is 30.1 Å². The van der Waals surface area contributed by atoms with Crippen molar-refractivity contribution in [1.82, 2.24) is 4.90 Å². The van der Waals surface area contributed by atoms with Crippen LogP contribution in [-0.2, 0) is 14.6 Å². The molecule has 0 bridgehead atoms. The summed E-state index contributed by atoms with van der Waals surface area (Å²) in [6.45, 7) is 0.381. The Hall–Kier alpha value is -1.63. The van der Waals surface area contributed by atoms with Gasteiger partial charge >= 0.3 is 0 Å². The second-order valence-corrected chi connectivity index (χ2v) is 7.48. The van der Waals surface area contributed by atoms with Gasteiger partial charge in [0.25, 0.3) is 0 Å². The van der Waals surface area contributed by atoms with Crippen LogP contribution in [0.1, 0.15) is 12.8 Å². The lowest BCUT2D eigenvalue weighted by Gasteiger charge is -2.23. The van der Waals surface area contributed by atoms with Crippen molar-refractivity contribution in [2.24, 2.45) is 0 Å². The van der Waals surface area contributed by atoms with Crippen molar-refractivity contribution in [3.63, 3.8) is 0 Å². The molecular formula is C14H19FN2O3S. The number of nitrogens with one attached hydrogen (secondary N) is 1. The first kappa shape index (κ1) is 15.8. The number of amides is 1. The molecule has 1 aromatic rings. The van der Waals surface area contributed by atoms with Gasteiger partial charge < -0.3 is 10.2 Å². The molecule has 1 N–H and O–H groups in total. The Morgan fingerprint density at radius 3 is 2.86 bits per heavy atom. The van der Waals surface area contributed by atoms with Crippen LogP contribution < -0.4 is 5.32 Å². The van der Waals surface area contributed by atoms with Gasteiger partial charge in [0.1, 0.15) is 5.82 Å². The minimum atomic E-state index is -2.99. The van der Waals surface area contributed by atoms with Gasteiger partial charge in [0, 0.05) is 31.7 Å². The summed E-state index contributed by atoms with van der Waals surface area (Å²) in [5.41, 5.74) is 0.619. The Morgan fingerprint density at radius 1 is 1.48 bits per heavy atom. The van der Waals surface area contributed by atoms with Crippen LogP contribution in [0.3, 0.4) is 0 Å². The molecule has 1 heterocycles. The maximum Gasteiger partial charge on any atom is 0.224 e. The van der Waals surface area contributed by atoms with Crippen molar-refractivity contribution in [1.29, 1.82) is 0 Å². The van der Waals surface area contributed by atoms with Crippen LogP contribution >= 0.6 is 0 Å². The molecule has 1 aliphatic rings. The summed E-state index contributed by atoms with van der Waals surface area (Å²) < 4.78 is 35.8. The molecule has 0 spiro atoms. The summed E-state index contributed by atoms with van der Waals surface area (Å²) in [6.07, 6.45) is 0.742. The maximum atomic E-state index is 13.0. The van der Waals surface area contributed by atoms with E-state index in [9.17, 15) is 17.6 Å². The quantitative estimate of drug-likeness (QED) is 0.889. The number of halogens is 1. The summed E-state index contributed by atoms with van der Waals surface area (Å²) in [4.78, 5) is 13.5. The lowest BCUT2D eigenvalue weighted by atomic mass is 10.2. The van der Waals surface area contributed by atoms with Gasteiger partial charge in [-0.15, -0.1) is 0 Å². The summed E-state index contributed by atoms with van der Waals surface area (Å²) in [5, 5.41) is 2.97. The predicted molar refractivity (Wildman–Crippen MR) is 79.3 cm³/mol. The Morgan fingerprint density at radius 2 is 2.24 bits per heavy atom. The molecule has 21 heavy (non-hydrogen) atoms. The van der Waals surface area contributed by atoms with E-state index in [0.717, 1.165) is 0 Å². The minimum absolute atomic E-state index is 0.0482. The fraction of sp³-hybridized carbons (Fsp3) is 0.500. The van der Waals surface area contributed by atoms with E-state index in [0.29, 0.717) is 18.7 Å². The van der Waals surface area contributed by atoms with Gasteiger partial charge in [0.15, 0.2) is 9.84 Å². The first-order valence-electron chi connectivity index (χ1n) is 6.83. The van der Waals surface area contributed by atoms with E-state index in [4.69, 9.17) is 0 Å². The molecule has 1 aromatic carbocycles. The van der Waals surface area contributed by atoms with Crippen molar-refractivity contribution in [3.8, 4) is 0 Å². The second-order valence-electron chi connectivity index (χ2n) is 5.25. The Labute approximate surface area is 124 Å². The van der Waals surface area contributed by atoms with Gasteiger partial charge in [-0.1, -0.05) is 6.07 Å². The van der Waals surface area contributed by atoms with Crippen LogP contribution in [-0.4, -0.2) is 50.4 Å². The number of hydrogen-bond acceptors (Lipinski definition) is 4. The van der Waals surface area contributed by atoms with Crippen LogP contribution in [0.25, 0.3) is 0 Å². The van der Waals surface area contributed by atoms with E-state index >= 15 is 0 Å². The average molecular weight is 314 g/mol. The van der Waals surface area contributed by atoms with E-state index in [1.807, 2.05) is 0 Å². The van der Waals surface area contributed by atoms with Crippen LogP contribution in [0.15, 0.2) is 24.3 Å². The van der Waals surface area contributed by atoms with Crippen molar-refractivity contribution < 1.29 is 17.6 Å². The monoisotopic (exact) mass is 314 g/mol. The number of hydrogen-bond donors (Lipinski definition) is 1. The van der Waals surface area contributed by atoms with Crippen LogP contribution in [0, 0.1) is 5.82 Å². The third-order valence-corrected chi connectivity index (χ3v) is 5.39. The number of anilines is 1. The summed E-state index contributed by atoms with van der Waals surface area (Å²) in [6, 6.07) is 5.80. The predicted octanol–water partition coefficient (Wildman–Crippen LogP) is 1.27. The standard InChI is InChI=1S/C14H19FN2O3S/c1-17(13-6-8-21(19,20)10-13)14(18)5-7-16-12-4-2-3-11(15)9-12/h2-4,9,13,16H,5-8,10H2,1H3. The highest BCUT2D eigenvalue weighted by Gasteiger charge is 2.32. The lowest BCUT2D eigenvalue weighted by molar-refractivity contribution is -0.131. The summed E-state index contributed by atoms with van der Waals surface area (Å²) in [7, 11) is -1.36. The molecule has 0 radical (unpaired) electrons. The highest BCUT2D eigenvalue weighted by atomic mass is 32.2. The van der Waals surface area contributed by atoms with Gasteiger partial charge in [-0.25, -0.2) is 12.8 Å². The van der Waals surface area contributed by atoms with E-state index in [1.165, 1.54) is 17.0 Å². The molecule has 2 rings (SSSR count). The van der Waals surface area contributed by atoms with E-state index in [1.54, 1.807) is 19.2 Å². The topological polar surface area (TPSA) is 66.5 Å². The van der Waals surface area contributed by atoms with Gasteiger partial charge in [-0.2, -0.15) is 0 Å². The molecule has 1 amide bonds. The molecule has 0 aliphatic carbocycles. The lowest BCUT2D eigenvalue weighted by Crippen LogP contribution is -2.38. The molecule has 1 aliphatic heterocycles. The number of carbonyl (C=O) groups is 1. The summed E-state index contributed by atoms with van der Waals surface area (Å²) >= 11 is 0. The van der Waals surface area contributed by atoms with Gasteiger partial charge in [0.05, 0.1) is 11.5 Å². The Kier molecular flexibility index (Phi) is 4.82. The molecular weight excluding hydrogens is 295 g/mol. The number of rotatable bonds is 5. The largest absolute Gasteiger partial charge is 0.384 e. The number of nitrogens with zero attached hydrogens (tertiary/aromatic N) is 1. The molecule has 1 saturated heterocycles. The third kappa shape index (κ3) is 4.42. The zero-order chi connectivity index (χ0) is 15.5. The smallest absolute Gasteiger partial charge is 0.224 e. The Balaban J connectivity index is 1.79. The number of carbonyl (C=O) groups excluding carboxylic acids is 1. The van der Waals surface area contributed by atoms with Crippen LogP contribution in [0.2, 0.25) is 0 Å². The fourth-order valence-electron chi connectivity index (χ4n) is 2.37. The highest BCUT2D eigenvalue weighted by Crippen LogP contribution is 2.17. The van der Waals surface area contributed by atoms with E-state index in [2.05, 4.69) is 5.32 Å². The molecule has 7 heteroatoms.